The molecule has 3 N–H and O–H groups in total. The van der Waals surface area contributed by atoms with Crippen LogP contribution in [0.2, 0.25) is 5.02 Å². The molecule has 1 unspecified atom stereocenters. The molecule has 0 spiro atoms. The molecule has 110 valence electrons. The summed E-state index contributed by atoms with van der Waals surface area (Å²) in [5.41, 5.74) is 6.94. The number of halogens is 1. The first kappa shape index (κ1) is 15.3. The first-order chi connectivity index (χ1) is 9.52. The van der Waals surface area contributed by atoms with Gasteiger partial charge < -0.3 is 11.1 Å². The molecule has 1 fully saturated rings. The van der Waals surface area contributed by atoms with E-state index in [9.17, 15) is 4.79 Å². The van der Waals surface area contributed by atoms with E-state index in [1.54, 1.807) is 0 Å². The van der Waals surface area contributed by atoms with Gasteiger partial charge in [-0.2, -0.15) is 0 Å². The third kappa shape index (κ3) is 3.74. The van der Waals surface area contributed by atoms with E-state index in [1.165, 1.54) is 18.4 Å². The lowest BCUT2D eigenvalue weighted by Gasteiger charge is -2.30. The number of benzene rings is 1. The lowest BCUT2D eigenvalue weighted by Crippen LogP contribution is -2.40. The van der Waals surface area contributed by atoms with Crippen LogP contribution in [0.4, 0.5) is 0 Å². The Hall–Kier alpha value is -1.06. The number of nitrogens with one attached hydrogen (secondary N) is 1. The number of hydrogen-bond acceptors (Lipinski definition) is 2. The monoisotopic (exact) mass is 294 g/mol. The third-order valence-electron chi connectivity index (χ3n) is 4.13. The van der Waals surface area contributed by atoms with E-state index in [0.29, 0.717) is 13.0 Å². The highest BCUT2D eigenvalue weighted by Gasteiger charge is 2.35. The van der Waals surface area contributed by atoms with Crippen molar-refractivity contribution in [1.29, 1.82) is 0 Å². The van der Waals surface area contributed by atoms with Gasteiger partial charge >= 0.3 is 0 Å². The van der Waals surface area contributed by atoms with Crippen LogP contribution in [0.5, 0.6) is 0 Å². The molecule has 1 amide bonds. The normalized spacial score (nSPS) is 18.8. The number of hydrogen-bond donors (Lipinski definition) is 2. The second-order valence-electron chi connectivity index (χ2n) is 5.96. The molecule has 0 aliphatic heterocycles. The molecule has 0 heterocycles. The number of carbonyl (C=O) groups is 1. The number of amides is 1. The van der Waals surface area contributed by atoms with Gasteiger partial charge in [-0.25, -0.2) is 0 Å². The average Bonchev–Trinajstić information content (AvgIpc) is 2.86. The molecule has 0 aromatic heterocycles. The Morgan fingerprint density at radius 3 is 2.75 bits per heavy atom. The fourth-order valence-corrected chi connectivity index (χ4v) is 3.26. The Labute approximate surface area is 125 Å². The smallest absolute Gasteiger partial charge is 0.221 e. The Bertz CT molecular complexity index is 467. The molecular weight excluding hydrogens is 272 g/mol. The second-order valence-corrected chi connectivity index (χ2v) is 6.39. The number of carbonyl (C=O) groups excluding carboxylic acids is 1. The average molecular weight is 295 g/mol. The van der Waals surface area contributed by atoms with E-state index in [4.69, 9.17) is 17.3 Å². The molecule has 1 saturated carbocycles. The van der Waals surface area contributed by atoms with Crippen LogP contribution in [0.25, 0.3) is 0 Å². The number of rotatable bonds is 5. The largest absolute Gasteiger partial charge is 0.355 e. The van der Waals surface area contributed by atoms with Crippen LogP contribution in [0, 0.1) is 0 Å². The molecule has 0 radical (unpaired) electrons. The predicted octanol–water partition coefficient (Wildman–Crippen LogP) is 3.01. The molecule has 3 nitrogen and oxygen atoms in total. The van der Waals surface area contributed by atoms with Crippen LogP contribution in [0.3, 0.4) is 0 Å². The minimum Gasteiger partial charge on any atom is -0.355 e. The van der Waals surface area contributed by atoms with E-state index < -0.39 is 0 Å². The maximum absolute atomic E-state index is 11.8. The highest BCUT2D eigenvalue weighted by molar-refractivity contribution is 6.30. The standard InChI is InChI=1S/C16H23ClN2O/c1-12(18)9-15(20)19-11-16(7-2-3-8-16)13-5-4-6-14(17)10-13/h4-6,10,12H,2-3,7-9,11,18H2,1H3,(H,19,20). The van der Waals surface area contributed by atoms with Crippen LogP contribution in [0.15, 0.2) is 24.3 Å². The highest BCUT2D eigenvalue weighted by atomic mass is 35.5. The Morgan fingerprint density at radius 2 is 2.15 bits per heavy atom. The molecule has 4 heteroatoms. The maximum atomic E-state index is 11.8. The fraction of sp³-hybridized carbons (Fsp3) is 0.562. The van der Waals surface area contributed by atoms with E-state index in [0.717, 1.165) is 17.9 Å². The zero-order chi connectivity index (χ0) is 14.6. The molecule has 20 heavy (non-hydrogen) atoms. The second kappa shape index (κ2) is 6.59. The van der Waals surface area contributed by atoms with Crippen LogP contribution in [0.1, 0.15) is 44.6 Å². The van der Waals surface area contributed by atoms with Gasteiger partial charge in [-0.1, -0.05) is 36.6 Å². The minimum atomic E-state index is -0.0966. The van der Waals surface area contributed by atoms with Crippen molar-refractivity contribution in [3.8, 4) is 0 Å². The van der Waals surface area contributed by atoms with Crippen molar-refractivity contribution >= 4 is 17.5 Å². The van der Waals surface area contributed by atoms with Crippen molar-refractivity contribution in [3.63, 3.8) is 0 Å². The van der Waals surface area contributed by atoms with E-state index in [-0.39, 0.29) is 17.4 Å². The van der Waals surface area contributed by atoms with Crippen LogP contribution in [-0.4, -0.2) is 18.5 Å². The summed E-state index contributed by atoms with van der Waals surface area (Å²) in [5.74, 6) is 0.0355. The quantitative estimate of drug-likeness (QED) is 0.877. The van der Waals surface area contributed by atoms with Crippen LogP contribution in [-0.2, 0) is 10.2 Å². The van der Waals surface area contributed by atoms with Crippen LogP contribution >= 0.6 is 11.6 Å². The molecule has 1 aromatic carbocycles. The van der Waals surface area contributed by atoms with Gasteiger partial charge in [0.25, 0.3) is 0 Å². The zero-order valence-electron chi connectivity index (χ0n) is 12.0. The highest BCUT2D eigenvalue weighted by Crippen LogP contribution is 2.41. The molecular formula is C16H23ClN2O. The molecule has 2 rings (SSSR count). The molecule has 1 aromatic rings. The van der Waals surface area contributed by atoms with Gasteiger partial charge in [0.2, 0.25) is 5.91 Å². The fourth-order valence-electron chi connectivity index (χ4n) is 3.07. The first-order valence-electron chi connectivity index (χ1n) is 7.30. The van der Waals surface area contributed by atoms with Gasteiger partial charge in [0, 0.05) is 29.4 Å². The Kier molecular flexibility index (Phi) is 5.06. The molecule has 0 saturated heterocycles. The molecule has 1 aliphatic rings. The molecule has 1 atom stereocenters. The third-order valence-corrected chi connectivity index (χ3v) is 4.36. The number of nitrogens with two attached hydrogens (primary N) is 1. The summed E-state index contributed by atoms with van der Waals surface area (Å²) >= 11 is 6.11. The summed E-state index contributed by atoms with van der Waals surface area (Å²) in [4.78, 5) is 11.8. The van der Waals surface area contributed by atoms with Crippen molar-refractivity contribution in [2.24, 2.45) is 5.73 Å². The van der Waals surface area contributed by atoms with Gasteiger partial charge in [0.1, 0.15) is 0 Å². The Morgan fingerprint density at radius 1 is 1.45 bits per heavy atom. The summed E-state index contributed by atoms with van der Waals surface area (Å²) < 4.78 is 0. The SMILES string of the molecule is CC(N)CC(=O)NCC1(c2cccc(Cl)c2)CCCC1. The van der Waals surface area contributed by atoms with Crippen molar-refractivity contribution < 1.29 is 4.79 Å². The van der Waals surface area contributed by atoms with Crippen molar-refractivity contribution in [2.45, 2.75) is 50.5 Å². The first-order valence-corrected chi connectivity index (χ1v) is 7.68. The summed E-state index contributed by atoms with van der Waals surface area (Å²) in [6.45, 7) is 2.53. The summed E-state index contributed by atoms with van der Waals surface area (Å²) in [6, 6.07) is 7.93. The molecule has 0 bridgehead atoms. The summed E-state index contributed by atoms with van der Waals surface area (Å²) in [7, 11) is 0. The van der Waals surface area contributed by atoms with Gasteiger partial charge in [-0.15, -0.1) is 0 Å². The lowest BCUT2D eigenvalue weighted by molar-refractivity contribution is -0.121. The van der Waals surface area contributed by atoms with Gasteiger partial charge in [0.15, 0.2) is 0 Å². The Balaban J connectivity index is 2.08. The summed E-state index contributed by atoms with van der Waals surface area (Å²) in [5, 5.41) is 3.81. The van der Waals surface area contributed by atoms with Crippen molar-refractivity contribution in [3.05, 3.63) is 34.9 Å². The van der Waals surface area contributed by atoms with E-state index in [2.05, 4.69) is 11.4 Å². The minimum absolute atomic E-state index is 0.0355. The predicted molar refractivity (Wildman–Crippen MR) is 82.9 cm³/mol. The van der Waals surface area contributed by atoms with Crippen LogP contribution < -0.4 is 11.1 Å². The topological polar surface area (TPSA) is 55.1 Å². The molecule has 1 aliphatic carbocycles. The van der Waals surface area contributed by atoms with Crippen molar-refractivity contribution in [1.82, 2.24) is 5.32 Å². The van der Waals surface area contributed by atoms with E-state index in [1.807, 2.05) is 25.1 Å². The van der Waals surface area contributed by atoms with Gasteiger partial charge in [-0.05, 0) is 37.5 Å². The maximum Gasteiger partial charge on any atom is 0.221 e. The van der Waals surface area contributed by atoms with Crippen molar-refractivity contribution in [2.75, 3.05) is 6.54 Å². The van der Waals surface area contributed by atoms with Gasteiger partial charge in [0.05, 0.1) is 0 Å². The zero-order valence-corrected chi connectivity index (χ0v) is 12.7. The summed E-state index contributed by atoms with van der Waals surface area (Å²) in [6.07, 6.45) is 4.99. The van der Waals surface area contributed by atoms with E-state index >= 15 is 0 Å². The van der Waals surface area contributed by atoms with Gasteiger partial charge in [-0.3, -0.25) is 4.79 Å². The lowest BCUT2D eigenvalue weighted by atomic mass is 9.79.